The van der Waals surface area contributed by atoms with E-state index in [2.05, 4.69) is 5.32 Å². The third-order valence-electron chi connectivity index (χ3n) is 4.69. The van der Waals surface area contributed by atoms with Gasteiger partial charge in [-0.3, -0.25) is 34.2 Å². The molecule has 136 valence electrons. The van der Waals surface area contributed by atoms with Gasteiger partial charge in [0.1, 0.15) is 18.4 Å². The highest BCUT2D eigenvalue weighted by Crippen LogP contribution is 2.35. The standard InChI is InChI=1S/C19H14N2O6/c22-6-7-27-11-8-10-2-1-3-12-16(10)13(9-11)19(26)21(18(12)25)14-4-5-15(23)20-17(14)24/h1-3,6,8-9,14H,4-5,7H2,(H,20,23,24). The summed E-state index contributed by atoms with van der Waals surface area (Å²) in [5, 5.41) is 3.27. The molecule has 2 aromatic rings. The second kappa shape index (κ2) is 6.31. The lowest BCUT2D eigenvalue weighted by Crippen LogP contribution is -2.57. The lowest BCUT2D eigenvalue weighted by atomic mass is 9.91. The summed E-state index contributed by atoms with van der Waals surface area (Å²) in [5.41, 5.74) is 0.516. The van der Waals surface area contributed by atoms with E-state index in [1.54, 1.807) is 24.3 Å². The third kappa shape index (κ3) is 2.66. The van der Waals surface area contributed by atoms with Crippen LogP contribution in [0.15, 0.2) is 30.3 Å². The van der Waals surface area contributed by atoms with E-state index in [4.69, 9.17) is 4.74 Å². The fraction of sp³-hybridized carbons (Fsp3) is 0.211. The number of rotatable bonds is 4. The van der Waals surface area contributed by atoms with Crippen molar-refractivity contribution in [3.8, 4) is 5.75 Å². The van der Waals surface area contributed by atoms with Crippen LogP contribution in [0.5, 0.6) is 5.75 Å². The van der Waals surface area contributed by atoms with E-state index in [1.165, 1.54) is 6.07 Å². The monoisotopic (exact) mass is 366 g/mol. The number of benzene rings is 2. The lowest BCUT2D eigenvalue weighted by molar-refractivity contribution is -0.136. The quantitative estimate of drug-likeness (QED) is 0.634. The van der Waals surface area contributed by atoms with Gasteiger partial charge in [-0.25, -0.2) is 0 Å². The van der Waals surface area contributed by atoms with E-state index in [0.717, 1.165) is 4.90 Å². The normalized spacial score (nSPS) is 19.3. The molecule has 27 heavy (non-hydrogen) atoms. The predicted octanol–water partition coefficient (Wildman–Crippen LogP) is 0.819. The lowest BCUT2D eigenvalue weighted by Gasteiger charge is -2.34. The minimum absolute atomic E-state index is 0.0486. The number of carbonyl (C=O) groups excluding carboxylic acids is 5. The fourth-order valence-corrected chi connectivity index (χ4v) is 3.52. The summed E-state index contributed by atoms with van der Waals surface area (Å²) in [6.07, 6.45) is 0.717. The summed E-state index contributed by atoms with van der Waals surface area (Å²) < 4.78 is 5.31. The second-order valence-electron chi connectivity index (χ2n) is 6.30. The van der Waals surface area contributed by atoms with Gasteiger partial charge < -0.3 is 4.74 Å². The van der Waals surface area contributed by atoms with Crippen LogP contribution in [-0.4, -0.2) is 47.5 Å². The molecule has 4 amide bonds. The van der Waals surface area contributed by atoms with Crippen molar-refractivity contribution in [3.63, 3.8) is 0 Å². The number of piperidine rings is 1. The van der Waals surface area contributed by atoms with Crippen molar-refractivity contribution in [3.05, 3.63) is 41.5 Å². The SMILES string of the molecule is O=CCOc1cc2c3c(cccc3c1)C(=O)N(C1CCC(=O)NC1=O)C2=O. The molecule has 1 saturated heterocycles. The topological polar surface area (TPSA) is 110 Å². The summed E-state index contributed by atoms with van der Waals surface area (Å²) in [6, 6.07) is 7.05. The minimum Gasteiger partial charge on any atom is -0.486 e. The number of carbonyl (C=O) groups is 5. The Morgan fingerprint density at radius 1 is 1.11 bits per heavy atom. The second-order valence-corrected chi connectivity index (χ2v) is 6.30. The van der Waals surface area contributed by atoms with E-state index < -0.39 is 29.7 Å². The first-order valence-corrected chi connectivity index (χ1v) is 8.36. The van der Waals surface area contributed by atoms with Crippen LogP contribution in [0, 0.1) is 0 Å². The zero-order valence-electron chi connectivity index (χ0n) is 14.1. The molecule has 1 N–H and O–H groups in total. The van der Waals surface area contributed by atoms with E-state index in [9.17, 15) is 24.0 Å². The van der Waals surface area contributed by atoms with Crippen LogP contribution in [0.4, 0.5) is 0 Å². The van der Waals surface area contributed by atoms with Gasteiger partial charge in [0.15, 0.2) is 6.29 Å². The molecule has 1 unspecified atom stereocenters. The Labute approximate surface area is 153 Å². The molecule has 1 atom stereocenters. The molecular formula is C19H14N2O6. The van der Waals surface area contributed by atoms with Gasteiger partial charge in [0, 0.05) is 17.4 Å². The van der Waals surface area contributed by atoms with Crippen LogP contribution in [0.1, 0.15) is 33.6 Å². The minimum atomic E-state index is -1.05. The summed E-state index contributed by atoms with van der Waals surface area (Å²) >= 11 is 0. The van der Waals surface area contributed by atoms with Crippen LogP contribution in [0.3, 0.4) is 0 Å². The Bertz CT molecular complexity index is 1030. The van der Waals surface area contributed by atoms with Crippen molar-refractivity contribution in [2.45, 2.75) is 18.9 Å². The summed E-state index contributed by atoms with van der Waals surface area (Å²) in [7, 11) is 0. The molecule has 2 aromatic carbocycles. The molecule has 2 aliphatic rings. The molecule has 0 saturated carbocycles. The van der Waals surface area contributed by atoms with E-state index in [-0.39, 0.29) is 25.0 Å². The Kier molecular flexibility index (Phi) is 3.95. The molecule has 4 rings (SSSR count). The molecule has 8 nitrogen and oxygen atoms in total. The van der Waals surface area contributed by atoms with Crippen molar-refractivity contribution in [2.75, 3.05) is 6.61 Å². The number of aldehydes is 1. The highest BCUT2D eigenvalue weighted by atomic mass is 16.5. The van der Waals surface area contributed by atoms with Crippen LogP contribution in [0.2, 0.25) is 0 Å². The highest BCUT2D eigenvalue weighted by Gasteiger charge is 2.42. The molecule has 0 spiro atoms. The first-order valence-electron chi connectivity index (χ1n) is 8.36. The van der Waals surface area contributed by atoms with Gasteiger partial charge in [0.2, 0.25) is 11.8 Å². The Morgan fingerprint density at radius 2 is 1.89 bits per heavy atom. The fourth-order valence-electron chi connectivity index (χ4n) is 3.52. The van der Waals surface area contributed by atoms with Crippen LogP contribution >= 0.6 is 0 Å². The predicted molar refractivity (Wildman–Crippen MR) is 92.2 cm³/mol. The molecule has 0 aromatic heterocycles. The first kappa shape index (κ1) is 16.9. The van der Waals surface area contributed by atoms with Crippen molar-refractivity contribution >= 4 is 40.7 Å². The van der Waals surface area contributed by atoms with Gasteiger partial charge in [-0.1, -0.05) is 12.1 Å². The summed E-state index contributed by atoms with van der Waals surface area (Å²) in [5.74, 6) is -1.99. The van der Waals surface area contributed by atoms with Gasteiger partial charge in [0.05, 0.1) is 5.56 Å². The zero-order valence-corrected chi connectivity index (χ0v) is 14.1. The highest BCUT2D eigenvalue weighted by molar-refractivity contribution is 6.27. The van der Waals surface area contributed by atoms with Crippen LogP contribution < -0.4 is 10.1 Å². The molecule has 1 fully saturated rings. The van der Waals surface area contributed by atoms with Crippen molar-refractivity contribution in [1.29, 1.82) is 0 Å². The molecule has 0 bridgehead atoms. The van der Waals surface area contributed by atoms with Crippen molar-refractivity contribution < 1.29 is 28.7 Å². The molecule has 2 heterocycles. The molecule has 0 aliphatic carbocycles. The number of imide groups is 2. The van der Waals surface area contributed by atoms with Gasteiger partial charge in [-0.2, -0.15) is 0 Å². The molecular weight excluding hydrogens is 352 g/mol. The maximum Gasteiger partial charge on any atom is 0.262 e. The van der Waals surface area contributed by atoms with Gasteiger partial charge in [-0.15, -0.1) is 0 Å². The Hall–Kier alpha value is -3.55. The zero-order chi connectivity index (χ0) is 19.1. The van der Waals surface area contributed by atoms with Crippen molar-refractivity contribution in [1.82, 2.24) is 10.2 Å². The number of hydrogen-bond acceptors (Lipinski definition) is 6. The smallest absolute Gasteiger partial charge is 0.262 e. The Morgan fingerprint density at radius 3 is 2.63 bits per heavy atom. The summed E-state index contributed by atoms with van der Waals surface area (Å²) in [6.45, 7) is -0.172. The molecule has 0 radical (unpaired) electrons. The maximum absolute atomic E-state index is 13.1. The van der Waals surface area contributed by atoms with Gasteiger partial charge in [0.25, 0.3) is 11.8 Å². The number of nitrogens with zero attached hydrogens (tertiary/aromatic N) is 1. The van der Waals surface area contributed by atoms with Crippen molar-refractivity contribution in [2.24, 2.45) is 0 Å². The van der Waals surface area contributed by atoms with Gasteiger partial charge >= 0.3 is 0 Å². The number of ether oxygens (including phenoxy) is 1. The molecule has 8 heteroatoms. The van der Waals surface area contributed by atoms with E-state index in [0.29, 0.717) is 28.4 Å². The van der Waals surface area contributed by atoms with Crippen LogP contribution in [0.25, 0.3) is 10.8 Å². The average molecular weight is 366 g/mol. The van der Waals surface area contributed by atoms with E-state index >= 15 is 0 Å². The first-order chi connectivity index (χ1) is 13.0. The molecule has 2 aliphatic heterocycles. The van der Waals surface area contributed by atoms with Crippen LogP contribution in [-0.2, 0) is 14.4 Å². The summed E-state index contributed by atoms with van der Waals surface area (Å²) in [4.78, 5) is 61.1. The third-order valence-corrected chi connectivity index (χ3v) is 4.69. The number of hydrogen-bond donors (Lipinski definition) is 1. The largest absolute Gasteiger partial charge is 0.486 e. The number of amides is 4. The maximum atomic E-state index is 13.1. The van der Waals surface area contributed by atoms with Gasteiger partial charge in [-0.05, 0) is 30.0 Å². The Balaban J connectivity index is 1.84. The number of nitrogens with one attached hydrogen (secondary N) is 1. The average Bonchev–Trinajstić information content (AvgIpc) is 2.65. The van der Waals surface area contributed by atoms with E-state index in [1.807, 2.05) is 0 Å².